The molecule has 0 aromatic heterocycles. The van der Waals surface area contributed by atoms with Crippen molar-refractivity contribution >= 4 is 36.1 Å². The van der Waals surface area contributed by atoms with Gasteiger partial charge >= 0.3 is 19.5 Å². The van der Waals surface area contributed by atoms with Crippen molar-refractivity contribution in [2.24, 2.45) is 0 Å². The number of carbonyl (C=O) groups excluding carboxylic acids is 3. The molecule has 1 unspecified atom stereocenters. The van der Waals surface area contributed by atoms with Crippen LogP contribution in [-0.2, 0) is 28.4 Å². The summed E-state index contributed by atoms with van der Waals surface area (Å²) >= 11 is 0. The molecule has 2 aromatic rings. The summed E-state index contributed by atoms with van der Waals surface area (Å²) in [5, 5.41) is 7.16. The second-order valence-corrected chi connectivity index (χ2v) is 11.7. The highest BCUT2D eigenvalue weighted by atomic mass is 31.2. The van der Waals surface area contributed by atoms with Crippen LogP contribution in [0.1, 0.15) is 49.0 Å². The van der Waals surface area contributed by atoms with E-state index in [-0.39, 0.29) is 19.0 Å². The molecule has 10 nitrogen and oxygen atoms in total. The van der Waals surface area contributed by atoms with E-state index in [9.17, 15) is 18.9 Å². The molecule has 0 saturated heterocycles. The van der Waals surface area contributed by atoms with E-state index in [0.717, 1.165) is 10.8 Å². The number of hydrogen-bond donors (Lipinski definition) is 2. The number of fused-ring (bicyclic) bond motifs is 1. The third-order valence-electron chi connectivity index (χ3n) is 5.38. The van der Waals surface area contributed by atoms with Gasteiger partial charge in [0.15, 0.2) is 0 Å². The Morgan fingerprint density at radius 1 is 1.05 bits per heavy atom. The third-order valence-corrected chi connectivity index (χ3v) is 7.95. The van der Waals surface area contributed by atoms with Gasteiger partial charge in [-0.1, -0.05) is 64.3 Å². The van der Waals surface area contributed by atoms with Crippen LogP contribution >= 0.6 is 7.52 Å². The van der Waals surface area contributed by atoms with E-state index >= 15 is 0 Å². The van der Waals surface area contributed by atoms with Gasteiger partial charge in [-0.3, -0.25) is 18.9 Å². The Balaban J connectivity index is 0.000000532. The summed E-state index contributed by atoms with van der Waals surface area (Å²) in [7, 11) is -3.44. The highest BCUT2D eigenvalue weighted by Crippen LogP contribution is 2.49. The Labute approximate surface area is 230 Å². The van der Waals surface area contributed by atoms with E-state index in [1.54, 1.807) is 26.1 Å². The average Bonchev–Trinajstić information content (AvgIpc) is 2.84. The Morgan fingerprint density at radius 3 is 2.28 bits per heavy atom. The maximum absolute atomic E-state index is 13.4. The first-order valence-electron chi connectivity index (χ1n) is 12.2. The minimum Gasteiger partial charge on any atom is -0.432 e. The molecule has 0 aliphatic carbocycles. The van der Waals surface area contributed by atoms with Crippen molar-refractivity contribution in [3.63, 3.8) is 0 Å². The lowest BCUT2D eigenvalue weighted by Gasteiger charge is -2.29. The topological polar surface area (TPSA) is 123 Å². The molecule has 2 atom stereocenters. The summed E-state index contributed by atoms with van der Waals surface area (Å²) in [5.41, 5.74) is -0.389. The van der Waals surface area contributed by atoms with Crippen LogP contribution in [-0.4, -0.2) is 47.3 Å². The van der Waals surface area contributed by atoms with Gasteiger partial charge in [0, 0.05) is 30.6 Å². The van der Waals surface area contributed by atoms with Crippen LogP contribution in [0.5, 0.6) is 5.75 Å². The molecular weight excluding hydrogens is 521 g/mol. The monoisotopic (exact) mass is 561 g/mol. The number of rotatable bonds is 9. The highest BCUT2D eigenvalue weighted by Gasteiger charge is 2.34. The maximum atomic E-state index is 13.4. The number of amides is 1. The molecule has 1 aliphatic heterocycles. The van der Waals surface area contributed by atoms with E-state index in [1.807, 2.05) is 55.1 Å². The minimum atomic E-state index is -3.44. The lowest BCUT2D eigenvalue weighted by atomic mass is 10.1. The molecule has 39 heavy (non-hydrogen) atoms. The average molecular weight is 562 g/mol. The third kappa shape index (κ3) is 9.89. The summed E-state index contributed by atoms with van der Waals surface area (Å²) in [5.74, 6) is -0.244. The van der Waals surface area contributed by atoms with Gasteiger partial charge in [-0.05, 0) is 32.2 Å². The molecule has 214 valence electrons. The van der Waals surface area contributed by atoms with E-state index in [2.05, 4.69) is 21.7 Å². The fourth-order valence-corrected chi connectivity index (χ4v) is 4.95. The molecular formula is C28H40N3O7P. The second kappa shape index (κ2) is 15.1. The normalized spacial score (nSPS) is 14.9. The Hall–Kier alpha value is -3.62. The number of benzene rings is 2. The lowest BCUT2D eigenvalue weighted by molar-refractivity contribution is -0.166. The molecule has 2 N–H and O–H groups in total. The van der Waals surface area contributed by atoms with Gasteiger partial charge in [0.05, 0.1) is 5.66 Å². The Bertz CT molecular complexity index is 1240. The van der Waals surface area contributed by atoms with Crippen LogP contribution in [0, 0.1) is 0 Å². The van der Waals surface area contributed by atoms with Gasteiger partial charge in [-0.15, -0.1) is 0 Å². The molecule has 0 saturated carbocycles. The van der Waals surface area contributed by atoms with Crippen LogP contribution in [0.2, 0.25) is 0 Å². The lowest BCUT2D eigenvalue weighted by Crippen LogP contribution is -2.38. The standard InChI is InChI=1S/C19H24NO6P.C8H12N2O.CH4/c1-13(2)27(23,20-14(3)19(22)25-12-24-15(4)21)26-18-11-7-9-16-8-5-6-10-17(16)18;1-6(2)10-5-4-8(11)9-7(10)3;/h5-11,13-14H,12H2,1-4H3,(H,20,23);4-6H,3H2,1-2H3,(H,9,11);1H4/t14-,27?;;/m0../s1. The Kier molecular flexibility index (Phi) is 12.9. The maximum Gasteiger partial charge on any atom is 0.326 e. The molecule has 1 heterocycles. The summed E-state index contributed by atoms with van der Waals surface area (Å²) in [6.45, 7) is 13.5. The smallest absolute Gasteiger partial charge is 0.326 e. The first kappa shape index (κ1) is 33.4. The molecule has 0 fully saturated rings. The van der Waals surface area contributed by atoms with Crippen molar-refractivity contribution < 1.29 is 32.9 Å². The van der Waals surface area contributed by atoms with Crippen molar-refractivity contribution in [2.75, 3.05) is 6.79 Å². The molecule has 3 rings (SSSR count). The van der Waals surface area contributed by atoms with Gasteiger partial charge in [-0.2, -0.15) is 0 Å². The number of hydrogen-bond acceptors (Lipinski definition) is 8. The van der Waals surface area contributed by atoms with Crippen LogP contribution < -0.4 is 14.9 Å². The largest absolute Gasteiger partial charge is 0.432 e. The van der Waals surface area contributed by atoms with E-state index in [1.165, 1.54) is 19.9 Å². The number of ether oxygens (including phenoxy) is 2. The second-order valence-electron chi connectivity index (χ2n) is 9.08. The minimum absolute atomic E-state index is 0. The number of esters is 2. The van der Waals surface area contributed by atoms with Gasteiger partial charge in [0.1, 0.15) is 17.6 Å². The summed E-state index contributed by atoms with van der Waals surface area (Å²) in [6, 6.07) is 12.5. The molecule has 0 spiro atoms. The van der Waals surface area contributed by atoms with Gasteiger partial charge in [0.25, 0.3) is 5.91 Å². The summed E-state index contributed by atoms with van der Waals surface area (Å²) in [4.78, 5) is 35.4. The Morgan fingerprint density at radius 2 is 1.69 bits per heavy atom. The number of nitrogens with one attached hydrogen (secondary N) is 2. The highest BCUT2D eigenvalue weighted by molar-refractivity contribution is 7.58. The first-order chi connectivity index (χ1) is 17.8. The molecule has 1 amide bonds. The zero-order chi connectivity index (χ0) is 28.5. The summed E-state index contributed by atoms with van der Waals surface area (Å²) < 4.78 is 28.7. The van der Waals surface area contributed by atoms with Crippen LogP contribution in [0.25, 0.3) is 10.8 Å². The van der Waals surface area contributed by atoms with Crippen molar-refractivity contribution in [1.29, 1.82) is 0 Å². The molecule has 0 bridgehead atoms. The van der Waals surface area contributed by atoms with Crippen molar-refractivity contribution in [1.82, 2.24) is 15.3 Å². The van der Waals surface area contributed by atoms with E-state index < -0.39 is 32.3 Å². The van der Waals surface area contributed by atoms with E-state index in [0.29, 0.717) is 17.6 Å². The van der Waals surface area contributed by atoms with Gasteiger partial charge in [0.2, 0.25) is 6.79 Å². The van der Waals surface area contributed by atoms with E-state index in [4.69, 9.17) is 9.26 Å². The molecule has 1 aliphatic rings. The molecule has 0 radical (unpaired) electrons. The van der Waals surface area contributed by atoms with Gasteiger partial charge < -0.3 is 24.2 Å². The van der Waals surface area contributed by atoms with Gasteiger partial charge in [-0.25, -0.2) is 5.09 Å². The van der Waals surface area contributed by atoms with Crippen molar-refractivity contribution in [3.8, 4) is 5.75 Å². The first-order valence-corrected chi connectivity index (χ1v) is 13.8. The zero-order valence-corrected chi connectivity index (χ0v) is 23.5. The fraction of sp³-hybridized carbons (Fsp3) is 0.393. The predicted octanol–water partition coefficient (Wildman–Crippen LogP) is 5.31. The number of nitrogens with zero attached hydrogens (tertiary/aromatic N) is 1. The fourth-order valence-electron chi connectivity index (χ4n) is 3.29. The number of carbonyl (C=O) groups is 3. The van der Waals surface area contributed by atoms with Crippen LogP contribution in [0.15, 0.2) is 67.1 Å². The predicted molar refractivity (Wildman–Crippen MR) is 153 cm³/mol. The molecule has 2 aromatic carbocycles. The van der Waals surface area contributed by atoms with Crippen LogP contribution in [0.4, 0.5) is 0 Å². The van der Waals surface area contributed by atoms with Crippen molar-refractivity contribution in [2.45, 2.75) is 66.7 Å². The SMILES string of the molecule is C.C=C1NC(=O)C=CN1C(C)C.CC(=O)OCOC(=O)[C@H](C)NP(=O)(Oc1cccc2ccccc12)C(C)C. The summed E-state index contributed by atoms with van der Waals surface area (Å²) in [6.07, 6.45) is 3.24. The van der Waals surface area contributed by atoms with Crippen molar-refractivity contribution in [3.05, 3.63) is 67.1 Å². The molecule has 11 heteroatoms. The quantitative estimate of drug-likeness (QED) is 0.238. The van der Waals surface area contributed by atoms with Crippen LogP contribution in [0.3, 0.4) is 0 Å². The zero-order valence-electron chi connectivity index (χ0n) is 22.6.